The minimum Gasteiger partial charge on any atom is -0.299 e. The Kier molecular flexibility index (Phi) is 3.29. The first-order valence-corrected chi connectivity index (χ1v) is 6.54. The third kappa shape index (κ3) is 2.26. The molecule has 1 aromatic heterocycles. The lowest BCUT2D eigenvalue weighted by atomic mass is 9.97. The maximum absolute atomic E-state index is 5.74. The lowest BCUT2D eigenvalue weighted by Gasteiger charge is -2.49. The molecule has 1 aromatic rings. The number of nitrogens with one attached hydrogen (secondary N) is 1. The minimum atomic E-state index is 0.241. The van der Waals surface area contributed by atoms with E-state index in [0.29, 0.717) is 6.04 Å². The van der Waals surface area contributed by atoms with E-state index < -0.39 is 0 Å². The van der Waals surface area contributed by atoms with E-state index in [1.807, 2.05) is 13.2 Å². The van der Waals surface area contributed by atoms with Crippen LogP contribution in [0.3, 0.4) is 0 Å². The van der Waals surface area contributed by atoms with Gasteiger partial charge in [-0.1, -0.05) is 5.21 Å². The van der Waals surface area contributed by atoms with Gasteiger partial charge in [0.15, 0.2) is 0 Å². The van der Waals surface area contributed by atoms with E-state index in [1.54, 1.807) is 4.68 Å². The number of hydrazine groups is 1. The lowest BCUT2D eigenvalue weighted by molar-refractivity contribution is -0.00328. The number of piperazine rings is 3. The van der Waals surface area contributed by atoms with Crippen LogP contribution < -0.4 is 11.3 Å². The highest BCUT2D eigenvalue weighted by atomic mass is 15.4. The highest BCUT2D eigenvalue weighted by Crippen LogP contribution is 2.19. The molecular formula is C11H21N7. The van der Waals surface area contributed by atoms with Crippen LogP contribution in [0.2, 0.25) is 0 Å². The van der Waals surface area contributed by atoms with Crippen molar-refractivity contribution in [3.05, 3.63) is 11.9 Å². The third-order valence-electron chi connectivity index (χ3n) is 4.08. The largest absolute Gasteiger partial charge is 0.299 e. The summed E-state index contributed by atoms with van der Waals surface area (Å²) in [5.74, 6) is 5.74. The molecule has 2 unspecified atom stereocenters. The van der Waals surface area contributed by atoms with Crippen molar-refractivity contribution in [1.82, 2.24) is 30.2 Å². The van der Waals surface area contributed by atoms with Gasteiger partial charge in [0.2, 0.25) is 0 Å². The Labute approximate surface area is 107 Å². The van der Waals surface area contributed by atoms with Crippen molar-refractivity contribution in [2.24, 2.45) is 12.9 Å². The van der Waals surface area contributed by atoms with Crippen LogP contribution in [0, 0.1) is 0 Å². The smallest absolute Gasteiger partial charge is 0.0843 e. The second-order valence-corrected chi connectivity index (χ2v) is 5.26. The summed E-state index contributed by atoms with van der Waals surface area (Å²) in [6.07, 6.45) is 2.79. The van der Waals surface area contributed by atoms with Crippen LogP contribution in [0.15, 0.2) is 6.20 Å². The van der Waals surface area contributed by atoms with Crippen LogP contribution in [0.1, 0.15) is 5.69 Å². The average Bonchev–Trinajstić information content (AvgIpc) is 2.83. The maximum Gasteiger partial charge on any atom is 0.0843 e. The van der Waals surface area contributed by atoms with E-state index in [-0.39, 0.29) is 6.04 Å². The quantitative estimate of drug-likeness (QED) is 0.485. The third-order valence-corrected chi connectivity index (χ3v) is 4.08. The number of fused-ring (bicyclic) bond motifs is 3. The summed E-state index contributed by atoms with van der Waals surface area (Å²) >= 11 is 0. The summed E-state index contributed by atoms with van der Waals surface area (Å²) in [6, 6.07) is 0.726. The Balaban J connectivity index is 1.68. The number of hydrogen-bond donors (Lipinski definition) is 2. The molecule has 0 amide bonds. The van der Waals surface area contributed by atoms with Crippen molar-refractivity contribution in [3.63, 3.8) is 0 Å². The molecule has 0 saturated carbocycles. The Morgan fingerprint density at radius 3 is 2.72 bits per heavy atom. The van der Waals surface area contributed by atoms with Gasteiger partial charge in [-0.2, -0.15) is 0 Å². The zero-order valence-electron chi connectivity index (χ0n) is 10.8. The minimum absolute atomic E-state index is 0.241. The average molecular weight is 251 g/mol. The molecule has 7 heteroatoms. The standard InChI is InChI=1S/C11H21N7/c1-16-7-9(14-15-16)6-10(13-12)11-8-17-2-4-18(11)5-3-17/h7,10-11,13H,2-6,8,12H2,1H3. The van der Waals surface area contributed by atoms with Gasteiger partial charge in [-0.25, -0.2) is 0 Å². The number of aryl methyl sites for hydroxylation is 1. The van der Waals surface area contributed by atoms with Gasteiger partial charge in [-0.3, -0.25) is 25.8 Å². The molecule has 3 fully saturated rings. The second-order valence-electron chi connectivity index (χ2n) is 5.26. The van der Waals surface area contributed by atoms with Gasteiger partial charge in [-0.15, -0.1) is 5.10 Å². The van der Waals surface area contributed by atoms with E-state index in [9.17, 15) is 0 Å². The highest BCUT2D eigenvalue weighted by Gasteiger charge is 2.36. The molecule has 0 aromatic carbocycles. The molecule has 4 rings (SSSR count). The predicted molar refractivity (Wildman–Crippen MR) is 67.6 cm³/mol. The molecule has 3 saturated heterocycles. The summed E-state index contributed by atoms with van der Waals surface area (Å²) in [4.78, 5) is 5.06. The highest BCUT2D eigenvalue weighted by molar-refractivity contribution is 5.02. The fraction of sp³-hybridized carbons (Fsp3) is 0.818. The van der Waals surface area contributed by atoms with E-state index >= 15 is 0 Å². The Hall–Kier alpha value is -1.02. The summed E-state index contributed by atoms with van der Waals surface area (Å²) in [5.41, 5.74) is 3.97. The van der Waals surface area contributed by atoms with Crippen LogP contribution >= 0.6 is 0 Å². The van der Waals surface area contributed by atoms with Crippen LogP contribution in [-0.2, 0) is 13.5 Å². The summed E-state index contributed by atoms with van der Waals surface area (Å²) in [6.45, 7) is 5.81. The number of nitrogens with two attached hydrogens (primary N) is 1. The SMILES string of the molecule is Cn1cc(CC(NN)C2CN3CCN2CC3)nn1. The van der Waals surface area contributed by atoms with Gasteiger partial charge in [0.25, 0.3) is 0 Å². The number of hydrogen-bond acceptors (Lipinski definition) is 6. The van der Waals surface area contributed by atoms with E-state index in [0.717, 1.165) is 31.7 Å². The zero-order chi connectivity index (χ0) is 12.5. The molecule has 18 heavy (non-hydrogen) atoms. The first-order valence-electron chi connectivity index (χ1n) is 6.54. The Bertz CT molecular complexity index is 396. The number of rotatable bonds is 4. The molecule has 3 aliphatic heterocycles. The van der Waals surface area contributed by atoms with Gasteiger partial charge in [0.05, 0.1) is 5.69 Å². The molecule has 2 bridgehead atoms. The molecule has 100 valence electrons. The van der Waals surface area contributed by atoms with Crippen molar-refractivity contribution in [2.75, 3.05) is 32.7 Å². The first kappa shape index (κ1) is 12.0. The monoisotopic (exact) mass is 251 g/mol. The maximum atomic E-state index is 5.74. The summed E-state index contributed by atoms with van der Waals surface area (Å²) in [7, 11) is 1.89. The molecule has 0 spiro atoms. The summed E-state index contributed by atoms with van der Waals surface area (Å²) < 4.78 is 1.74. The van der Waals surface area contributed by atoms with Crippen molar-refractivity contribution in [3.8, 4) is 0 Å². The van der Waals surface area contributed by atoms with E-state index in [2.05, 4.69) is 25.5 Å². The zero-order valence-corrected chi connectivity index (χ0v) is 10.8. The second kappa shape index (κ2) is 4.93. The van der Waals surface area contributed by atoms with Crippen molar-refractivity contribution >= 4 is 0 Å². The fourth-order valence-corrected chi connectivity index (χ4v) is 3.06. The molecule has 0 aliphatic carbocycles. The first-order chi connectivity index (χ1) is 8.76. The molecule has 2 atom stereocenters. The fourth-order valence-electron chi connectivity index (χ4n) is 3.06. The molecule has 3 aliphatic rings. The number of nitrogens with zero attached hydrogens (tertiary/aromatic N) is 5. The molecular weight excluding hydrogens is 230 g/mol. The van der Waals surface area contributed by atoms with Crippen LogP contribution in [0.5, 0.6) is 0 Å². The molecule has 0 radical (unpaired) electrons. The topological polar surface area (TPSA) is 75.2 Å². The summed E-state index contributed by atoms with van der Waals surface area (Å²) in [5, 5.41) is 8.12. The van der Waals surface area contributed by atoms with Gasteiger partial charge in [0.1, 0.15) is 0 Å². The van der Waals surface area contributed by atoms with Crippen molar-refractivity contribution < 1.29 is 0 Å². The lowest BCUT2D eigenvalue weighted by Crippen LogP contribution is -2.67. The Morgan fingerprint density at radius 1 is 1.44 bits per heavy atom. The van der Waals surface area contributed by atoms with Crippen molar-refractivity contribution in [2.45, 2.75) is 18.5 Å². The number of aromatic nitrogens is 3. The van der Waals surface area contributed by atoms with Gasteiger partial charge in [-0.05, 0) is 0 Å². The van der Waals surface area contributed by atoms with Crippen LogP contribution in [0.25, 0.3) is 0 Å². The predicted octanol–water partition coefficient (Wildman–Crippen LogP) is -1.81. The van der Waals surface area contributed by atoms with Gasteiger partial charge < -0.3 is 0 Å². The molecule has 4 heterocycles. The Morgan fingerprint density at radius 2 is 2.22 bits per heavy atom. The van der Waals surface area contributed by atoms with Crippen molar-refractivity contribution in [1.29, 1.82) is 0 Å². The molecule has 7 nitrogen and oxygen atoms in total. The van der Waals surface area contributed by atoms with E-state index in [1.165, 1.54) is 13.1 Å². The van der Waals surface area contributed by atoms with Gasteiger partial charge >= 0.3 is 0 Å². The van der Waals surface area contributed by atoms with Crippen LogP contribution in [-0.4, -0.2) is 69.6 Å². The van der Waals surface area contributed by atoms with E-state index in [4.69, 9.17) is 5.84 Å². The molecule has 3 N–H and O–H groups in total. The van der Waals surface area contributed by atoms with Crippen LogP contribution in [0.4, 0.5) is 0 Å². The normalized spacial score (nSPS) is 32.7. The van der Waals surface area contributed by atoms with Gasteiger partial charge in [0, 0.05) is 64.5 Å².